The molecule has 0 aliphatic carbocycles. The van der Waals surface area contributed by atoms with E-state index in [4.69, 9.17) is 9.47 Å². The fourth-order valence-corrected chi connectivity index (χ4v) is 4.35. The molecule has 2 fully saturated rings. The predicted molar refractivity (Wildman–Crippen MR) is 110 cm³/mol. The largest absolute Gasteiger partial charge is 0.504 e. The van der Waals surface area contributed by atoms with Gasteiger partial charge in [-0.1, -0.05) is 30.3 Å². The van der Waals surface area contributed by atoms with Crippen LogP contribution in [0.5, 0.6) is 11.5 Å². The molecule has 0 radical (unpaired) electrons. The van der Waals surface area contributed by atoms with Crippen molar-refractivity contribution in [3.63, 3.8) is 0 Å². The van der Waals surface area contributed by atoms with Crippen LogP contribution in [0.15, 0.2) is 48.5 Å². The third kappa shape index (κ3) is 4.23. The Hall–Kier alpha value is -2.57. The number of nitrogens with zero attached hydrogens (tertiary/aromatic N) is 2. The fraction of sp³-hybridized carbons (Fsp3) is 0.435. The highest BCUT2D eigenvalue weighted by atomic mass is 16.5. The van der Waals surface area contributed by atoms with Crippen LogP contribution < -0.4 is 4.74 Å². The molecule has 29 heavy (non-hydrogen) atoms. The van der Waals surface area contributed by atoms with E-state index < -0.39 is 0 Å². The van der Waals surface area contributed by atoms with Crippen molar-refractivity contribution < 1.29 is 19.4 Å². The van der Waals surface area contributed by atoms with Gasteiger partial charge in [-0.25, -0.2) is 0 Å². The number of benzene rings is 2. The van der Waals surface area contributed by atoms with Gasteiger partial charge in [0.1, 0.15) is 0 Å². The number of rotatable bonds is 5. The van der Waals surface area contributed by atoms with Gasteiger partial charge in [-0.05, 0) is 49.7 Å². The van der Waals surface area contributed by atoms with Gasteiger partial charge in [0.05, 0.1) is 25.9 Å². The number of methoxy groups -OCH3 is 1. The maximum absolute atomic E-state index is 13.5. The minimum Gasteiger partial charge on any atom is -0.504 e. The standard InChI is InChI=1S/C23H28N2O4/c1-28-20-15-18(9-10-19(20)26)23(27)25-13-14-29-21(16-24-11-5-6-12-24)22(25)17-7-3-2-4-8-17/h2-4,7-10,15,21-22,26H,5-6,11-14,16H2,1H3/t21-,22-/m0/s1. The summed E-state index contributed by atoms with van der Waals surface area (Å²) in [4.78, 5) is 17.8. The van der Waals surface area contributed by atoms with Gasteiger partial charge in [0.2, 0.25) is 0 Å². The average molecular weight is 396 g/mol. The topological polar surface area (TPSA) is 62.2 Å². The first-order chi connectivity index (χ1) is 14.2. The highest BCUT2D eigenvalue weighted by Crippen LogP contribution is 2.33. The van der Waals surface area contributed by atoms with Crippen LogP contribution in [-0.4, -0.2) is 66.8 Å². The highest BCUT2D eigenvalue weighted by Gasteiger charge is 2.38. The maximum atomic E-state index is 13.5. The summed E-state index contributed by atoms with van der Waals surface area (Å²) in [5.74, 6) is 0.249. The first-order valence-corrected chi connectivity index (χ1v) is 10.2. The van der Waals surface area contributed by atoms with Gasteiger partial charge < -0.3 is 24.4 Å². The first kappa shape index (κ1) is 19.7. The summed E-state index contributed by atoms with van der Waals surface area (Å²) in [7, 11) is 1.48. The van der Waals surface area contributed by atoms with E-state index >= 15 is 0 Å². The minimum atomic E-state index is -0.155. The maximum Gasteiger partial charge on any atom is 0.254 e. The van der Waals surface area contributed by atoms with Crippen molar-refractivity contribution in [3.05, 3.63) is 59.7 Å². The third-order valence-corrected chi connectivity index (χ3v) is 5.82. The molecule has 2 atom stereocenters. The molecule has 1 amide bonds. The number of phenolic OH excluding ortho intramolecular Hbond substituents is 1. The molecule has 0 aromatic heterocycles. The zero-order valence-electron chi connectivity index (χ0n) is 16.8. The molecular formula is C23H28N2O4. The Labute approximate surface area is 171 Å². The van der Waals surface area contributed by atoms with E-state index in [0.29, 0.717) is 24.5 Å². The number of likely N-dealkylation sites (tertiary alicyclic amines) is 1. The van der Waals surface area contributed by atoms with Gasteiger partial charge in [0.15, 0.2) is 11.5 Å². The molecule has 0 spiro atoms. The fourth-order valence-electron chi connectivity index (χ4n) is 4.35. The summed E-state index contributed by atoms with van der Waals surface area (Å²) in [5.41, 5.74) is 1.58. The van der Waals surface area contributed by atoms with Crippen molar-refractivity contribution in [2.75, 3.05) is 39.9 Å². The van der Waals surface area contributed by atoms with E-state index in [1.807, 2.05) is 23.1 Å². The number of amides is 1. The summed E-state index contributed by atoms with van der Waals surface area (Å²) >= 11 is 0. The van der Waals surface area contributed by atoms with Crippen LogP contribution in [0.2, 0.25) is 0 Å². The second kappa shape index (κ2) is 8.84. The summed E-state index contributed by atoms with van der Waals surface area (Å²) in [6.45, 7) is 4.04. The molecule has 6 nitrogen and oxygen atoms in total. The number of carbonyl (C=O) groups is 1. The molecular weight excluding hydrogens is 368 g/mol. The van der Waals surface area contributed by atoms with Crippen molar-refractivity contribution in [1.29, 1.82) is 0 Å². The Balaban J connectivity index is 1.65. The Kier molecular flexibility index (Phi) is 6.02. The zero-order chi connectivity index (χ0) is 20.2. The molecule has 1 N–H and O–H groups in total. The van der Waals surface area contributed by atoms with Crippen molar-refractivity contribution in [2.24, 2.45) is 0 Å². The number of morpholine rings is 1. The predicted octanol–water partition coefficient (Wildman–Crippen LogP) is 3.08. The molecule has 4 rings (SSSR count). The van der Waals surface area contributed by atoms with Crippen LogP contribution in [0, 0.1) is 0 Å². The summed E-state index contributed by atoms with van der Waals surface area (Å²) in [5, 5.41) is 9.88. The lowest BCUT2D eigenvalue weighted by atomic mass is 9.96. The summed E-state index contributed by atoms with van der Waals surface area (Å²) < 4.78 is 11.4. The second-order valence-corrected chi connectivity index (χ2v) is 7.66. The molecule has 2 saturated heterocycles. The normalized spacial score (nSPS) is 22.6. The number of hydrogen-bond donors (Lipinski definition) is 1. The van der Waals surface area contributed by atoms with E-state index in [-0.39, 0.29) is 23.8 Å². The van der Waals surface area contributed by atoms with Crippen molar-refractivity contribution >= 4 is 5.91 Å². The van der Waals surface area contributed by atoms with E-state index in [2.05, 4.69) is 17.0 Å². The molecule has 2 aromatic carbocycles. The Bertz CT molecular complexity index is 836. The average Bonchev–Trinajstić information content (AvgIpc) is 3.27. The lowest BCUT2D eigenvalue weighted by molar-refractivity contribution is -0.0707. The van der Waals surface area contributed by atoms with Gasteiger partial charge in [-0.15, -0.1) is 0 Å². The first-order valence-electron chi connectivity index (χ1n) is 10.2. The number of phenols is 1. The van der Waals surface area contributed by atoms with Crippen LogP contribution >= 0.6 is 0 Å². The Morgan fingerprint density at radius 2 is 1.90 bits per heavy atom. The molecule has 6 heteroatoms. The van der Waals surface area contributed by atoms with Gasteiger partial charge in [-0.3, -0.25) is 4.79 Å². The summed E-state index contributed by atoms with van der Waals surface area (Å²) in [6.07, 6.45) is 2.37. The van der Waals surface area contributed by atoms with Crippen LogP contribution in [0.1, 0.15) is 34.8 Å². The smallest absolute Gasteiger partial charge is 0.254 e. The number of carbonyl (C=O) groups excluding carboxylic acids is 1. The lowest BCUT2D eigenvalue weighted by Crippen LogP contribution is -2.51. The van der Waals surface area contributed by atoms with Crippen LogP contribution in [-0.2, 0) is 4.74 Å². The second-order valence-electron chi connectivity index (χ2n) is 7.66. The summed E-state index contributed by atoms with van der Waals surface area (Å²) in [6, 6.07) is 14.7. The monoisotopic (exact) mass is 396 g/mol. The lowest BCUT2D eigenvalue weighted by Gasteiger charge is -2.42. The van der Waals surface area contributed by atoms with Gasteiger partial charge in [-0.2, -0.15) is 0 Å². The van der Waals surface area contributed by atoms with Gasteiger partial charge in [0, 0.05) is 18.7 Å². The van der Waals surface area contributed by atoms with Gasteiger partial charge in [0.25, 0.3) is 5.91 Å². The Morgan fingerprint density at radius 3 is 2.62 bits per heavy atom. The minimum absolute atomic E-state index is 0.0255. The number of ether oxygens (including phenoxy) is 2. The van der Waals surface area contributed by atoms with E-state index in [9.17, 15) is 9.90 Å². The van der Waals surface area contributed by atoms with Gasteiger partial charge >= 0.3 is 0 Å². The molecule has 2 aliphatic rings. The van der Waals surface area contributed by atoms with Crippen LogP contribution in [0.3, 0.4) is 0 Å². The number of aromatic hydroxyl groups is 1. The molecule has 2 heterocycles. The van der Waals surface area contributed by atoms with Crippen molar-refractivity contribution in [1.82, 2.24) is 9.80 Å². The van der Waals surface area contributed by atoms with E-state index in [1.54, 1.807) is 12.1 Å². The zero-order valence-corrected chi connectivity index (χ0v) is 16.8. The molecule has 2 aromatic rings. The van der Waals surface area contributed by atoms with Crippen molar-refractivity contribution in [3.8, 4) is 11.5 Å². The number of hydrogen-bond acceptors (Lipinski definition) is 5. The van der Waals surface area contributed by atoms with E-state index in [1.165, 1.54) is 26.0 Å². The van der Waals surface area contributed by atoms with Crippen LogP contribution in [0.25, 0.3) is 0 Å². The SMILES string of the molecule is COc1cc(C(=O)N2CCO[C@@H](CN3CCCC3)[C@@H]2c2ccccc2)ccc1O. The molecule has 0 saturated carbocycles. The Morgan fingerprint density at radius 1 is 1.14 bits per heavy atom. The van der Waals surface area contributed by atoms with Crippen LogP contribution in [0.4, 0.5) is 0 Å². The van der Waals surface area contributed by atoms with Crippen molar-refractivity contribution in [2.45, 2.75) is 25.0 Å². The quantitative estimate of drug-likeness (QED) is 0.842. The molecule has 0 bridgehead atoms. The van der Waals surface area contributed by atoms with E-state index in [0.717, 1.165) is 25.2 Å². The third-order valence-electron chi connectivity index (χ3n) is 5.82. The molecule has 0 unspecified atom stereocenters. The highest BCUT2D eigenvalue weighted by molar-refractivity contribution is 5.95. The molecule has 2 aliphatic heterocycles. The molecule has 154 valence electrons.